The van der Waals surface area contributed by atoms with Crippen LogP contribution in [0.1, 0.15) is 38.3 Å². The van der Waals surface area contributed by atoms with E-state index in [9.17, 15) is 0 Å². The zero-order valence-electron chi connectivity index (χ0n) is 14.8. The van der Waals surface area contributed by atoms with Crippen LogP contribution in [0.15, 0.2) is 48.5 Å². The molecule has 1 unspecified atom stereocenters. The van der Waals surface area contributed by atoms with Crippen molar-refractivity contribution in [3.63, 3.8) is 0 Å². The van der Waals surface area contributed by atoms with Crippen LogP contribution in [-0.2, 0) is 13.0 Å². The molecule has 1 N–H and O–H groups in total. The Morgan fingerprint density at radius 3 is 2.67 bits per heavy atom. The summed E-state index contributed by atoms with van der Waals surface area (Å²) in [4.78, 5) is 0. The van der Waals surface area contributed by atoms with Gasteiger partial charge >= 0.3 is 0 Å². The average Bonchev–Trinajstić information content (AvgIpc) is 2.58. The maximum atomic E-state index is 6.18. The third-order valence-corrected chi connectivity index (χ3v) is 4.18. The van der Waals surface area contributed by atoms with Crippen LogP contribution in [0.5, 0.6) is 11.5 Å². The molecule has 128 valence electrons. The normalized spacial score (nSPS) is 17.0. The number of aryl methyl sites for hydroxylation is 1. The lowest BCUT2D eigenvalue weighted by molar-refractivity contribution is 0.159. The number of rotatable bonds is 5. The van der Waals surface area contributed by atoms with Gasteiger partial charge in [-0.15, -0.1) is 0 Å². The predicted octanol–water partition coefficient (Wildman–Crippen LogP) is 4.35. The molecule has 3 heteroatoms. The first-order valence-electron chi connectivity index (χ1n) is 8.71. The van der Waals surface area contributed by atoms with E-state index in [0.29, 0.717) is 6.61 Å². The maximum Gasteiger partial charge on any atom is 0.126 e. The quantitative estimate of drug-likeness (QED) is 0.886. The number of hydrogen-bond donors (Lipinski definition) is 1. The highest BCUT2D eigenvalue weighted by molar-refractivity contribution is 5.42. The summed E-state index contributed by atoms with van der Waals surface area (Å²) >= 11 is 0. The SMILES string of the molecule is CC(C)(C)NCC1CCc2ccc(OCc3ccccc3)cc2O1. The molecule has 1 heterocycles. The molecule has 0 bridgehead atoms. The summed E-state index contributed by atoms with van der Waals surface area (Å²) in [6.45, 7) is 7.99. The molecule has 0 saturated heterocycles. The predicted molar refractivity (Wildman–Crippen MR) is 97.7 cm³/mol. The Labute approximate surface area is 145 Å². The summed E-state index contributed by atoms with van der Waals surface area (Å²) in [6, 6.07) is 16.4. The second-order valence-electron chi connectivity index (χ2n) is 7.45. The lowest BCUT2D eigenvalue weighted by Crippen LogP contribution is -2.43. The Balaban J connectivity index is 1.60. The fourth-order valence-corrected chi connectivity index (χ4v) is 2.80. The molecule has 2 aromatic rings. The molecular weight excluding hydrogens is 298 g/mol. The van der Waals surface area contributed by atoms with Gasteiger partial charge in [0.1, 0.15) is 24.2 Å². The highest BCUT2D eigenvalue weighted by Gasteiger charge is 2.22. The molecule has 1 aliphatic rings. The lowest BCUT2D eigenvalue weighted by Gasteiger charge is -2.30. The van der Waals surface area contributed by atoms with Gasteiger partial charge in [0, 0.05) is 18.2 Å². The number of benzene rings is 2. The second kappa shape index (κ2) is 7.27. The van der Waals surface area contributed by atoms with E-state index in [0.717, 1.165) is 30.9 Å². The van der Waals surface area contributed by atoms with Gasteiger partial charge in [-0.1, -0.05) is 36.4 Å². The van der Waals surface area contributed by atoms with Gasteiger partial charge in [0.2, 0.25) is 0 Å². The van der Waals surface area contributed by atoms with E-state index in [1.54, 1.807) is 0 Å². The first-order chi connectivity index (χ1) is 11.5. The van der Waals surface area contributed by atoms with Crippen LogP contribution in [0, 0.1) is 0 Å². The van der Waals surface area contributed by atoms with Crippen molar-refractivity contribution in [2.45, 2.75) is 51.9 Å². The Kier molecular flexibility index (Phi) is 5.10. The highest BCUT2D eigenvalue weighted by Crippen LogP contribution is 2.31. The third kappa shape index (κ3) is 4.75. The minimum atomic E-state index is 0.115. The molecule has 0 aromatic heterocycles. The molecule has 1 atom stereocenters. The number of ether oxygens (including phenoxy) is 2. The zero-order valence-corrected chi connectivity index (χ0v) is 14.8. The zero-order chi connectivity index (χ0) is 17.0. The van der Waals surface area contributed by atoms with Gasteiger partial charge in [0.25, 0.3) is 0 Å². The van der Waals surface area contributed by atoms with Crippen molar-refractivity contribution in [2.24, 2.45) is 0 Å². The van der Waals surface area contributed by atoms with Gasteiger partial charge in [-0.3, -0.25) is 0 Å². The van der Waals surface area contributed by atoms with Gasteiger partial charge in [-0.25, -0.2) is 0 Å². The van der Waals surface area contributed by atoms with E-state index < -0.39 is 0 Å². The van der Waals surface area contributed by atoms with Crippen molar-refractivity contribution in [3.05, 3.63) is 59.7 Å². The van der Waals surface area contributed by atoms with Crippen LogP contribution in [0.25, 0.3) is 0 Å². The van der Waals surface area contributed by atoms with Gasteiger partial charge in [0.05, 0.1) is 0 Å². The summed E-state index contributed by atoms with van der Waals surface area (Å²) in [5, 5.41) is 3.53. The van der Waals surface area contributed by atoms with Gasteiger partial charge in [0.15, 0.2) is 0 Å². The van der Waals surface area contributed by atoms with Gasteiger partial charge in [-0.2, -0.15) is 0 Å². The summed E-state index contributed by atoms with van der Waals surface area (Å²) in [5.74, 6) is 1.83. The van der Waals surface area contributed by atoms with Crippen LogP contribution in [0.2, 0.25) is 0 Å². The summed E-state index contributed by atoms with van der Waals surface area (Å²) in [5.41, 5.74) is 2.56. The van der Waals surface area contributed by atoms with E-state index in [-0.39, 0.29) is 11.6 Å². The van der Waals surface area contributed by atoms with E-state index >= 15 is 0 Å². The number of hydrogen-bond acceptors (Lipinski definition) is 3. The monoisotopic (exact) mass is 325 g/mol. The second-order valence-corrected chi connectivity index (χ2v) is 7.45. The maximum absolute atomic E-state index is 6.18. The molecule has 0 spiro atoms. The Bertz CT molecular complexity index is 661. The third-order valence-electron chi connectivity index (χ3n) is 4.18. The molecule has 0 aliphatic carbocycles. The molecule has 3 rings (SSSR count). The van der Waals surface area contributed by atoms with Crippen LogP contribution >= 0.6 is 0 Å². The molecule has 0 saturated carbocycles. The smallest absolute Gasteiger partial charge is 0.126 e. The lowest BCUT2D eigenvalue weighted by atomic mass is 10.0. The van der Waals surface area contributed by atoms with Gasteiger partial charge in [-0.05, 0) is 50.8 Å². The van der Waals surface area contributed by atoms with E-state index in [2.05, 4.69) is 44.3 Å². The fraction of sp³-hybridized carbons (Fsp3) is 0.429. The van der Waals surface area contributed by atoms with Crippen molar-refractivity contribution in [1.29, 1.82) is 0 Å². The van der Waals surface area contributed by atoms with Crippen molar-refractivity contribution < 1.29 is 9.47 Å². The summed E-state index contributed by atoms with van der Waals surface area (Å²) in [7, 11) is 0. The van der Waals surface area contributed by atoms with Crippen molar-refractivity contribution in [3.8, 4) is 11.5 Å². The standard InChI is InChI=1S/C21H27NO2/c1-21(2,3)22-14-19-12-10-17-9-11-18(13-20(17)24-19)23-15-16-7-5-4-6-8-16/h4-9,11,13,19,22H,10,12,14-15H2,1-3H3. The number of fused-ring (bicyclic) bond motifs is 1. The molecule has 0 fully saturated rings. The minimum absolute atomic E-state index is 0.115. The van der Waals surface area contributed by atoms with E-state index in [1.165, 1.54) is 11.1 Å². The van der Waals surface area contributed by atoms with Crippen molar-refractivity contribution in [2.75, 3.05) is 6.54 Å². The molecule has 3 nitrogen and oxygen atoms in total. The largest absolute Gasteiger partial charge is 0.489 e. The first-order valence-corrected chi connectivity index (χ1v) is 8.71. The van der Waals surface area contributed by atoms with Crippen LogP contribution in [0.4, 0.5) is 0 Å². The molecule has 0 amide bonds. The molecular formula is C21H27NO2. The number of nitrogens with one attached hydrogen (secondary N) is 1. The topological polar surface area (TPSA) is 30.5 Å². The van der Waals surface area contributed by atoms with Crippen molar-refractivity contribution in [1.82, 2.24) is 5.32 Å². The fourth-order valence-electron chi connectivity index (χ4n) is 2.80. The summed E-state index contributed by atoms with van der Waals surface area (Å²) < 4.78 is 12.1. The molecule has 0 radical (unpaired) electrons. The Hall–Kier alpha value is -2.00. The highest BCUT2D eigenvalue weighted by atomic mass is 16.5. The molecule has 1 aliphatic heterocycles. The van der Waals surface area contributed by atoms with Gasteiger partial charge < -0.3 is 14.8 Å². The summed E-state index contributed by atoms with van der Waals surface area (Å²) in [6.07, 6.45) is 2.34. The van der Waals surface area contributed by atoms with E-state index in [1.807, 2.05) is 30.3 Å². The first kappa shape index (κ1) is 16.8. The van der Waals surface area contributed by atoms with Crippen LogP contribution < -0.4 is 14.8 Å². The average molecular weight is 325 g/mol. The molecule has 24 heavy (non-hydrogen) atoms. The Morgan fingerprint density at radius 2 is 1.92 bits per heavy atom. The van der Waals surface area contributed by atoms with E-state index in [4.69, 9.17) is 9.47 Å². The minimum Gasteiger partial charge on any atom is -0.489 e. The van der Waals surface area contributed by atoms with Crippen LogP contribution in [-0.4, -0.2) is 18.2 Å². The Morgan fingerprint density at radius 1 is 1.12 bits per heavy atom. The van der Waals surface area contributed by atoms with Crippen molar-refractivity contribution >= 4 is 0 Å². The molecule has 2 aromatic carbocycles. The van der Waals surface area contributed by atoms with Crippen LogP contribution in [0.3, 0.4) is 0 Å².